The lowest BCUT2D eigenvalue weighted by Crippen LogP contribution is -2.15. The van der Waals surface area contributed by atoms with Crippen LogP contribution in [0.1, 0.15) is 90.0 Å². The molecule has 5 aromatic carbocycles. The van der Waals surface area contributed by atoms with E-state index in [1.165, 1.54) is 83.1 Å². The molecule has 0 N–H and O–H groups in total. The zero-order chi connectivity index (χ0) is 35.4. The summed E-state index contributed by atoms with van der Waals surface area (Å²) in [6.45, 7) is 19.3. The van der Waals surface area contributed by atoms with Crippen molar-refractivity contribution in [3.63, 3.8) is 0 Å². The van der Waals surface area contributed by atoms with Crippen molar-refractivity contribution in [2.24, 2.45) is 0 Å². The van der Waals surface area contributed by atoms with Gasteiger partial charge in [-0.3, -0.25) is 0 Å². The maximum atomic E-state index is 4.00. The molecule has 1 nitrogen and oxygen atoms in total. The van der Waals surface area contributed by atoms with Gasteiger partial charge < -0.3 is 4.57 Å². The Morgan fingerprint density at radius 1 is 0.680 bits per heavy atom. The van der Waals surface area contributed by atoms with Gasteiger partial charge in [-0.15, -0.1) is 0 Å². The van der Waals surface area contributed by atoms with E-state index in [4.69, 9.17) is 0 Å². The molecular formula is C49H51N. The van der Waals surface area contributed by atoms with Crippen molar-refractivity contribution < 1.29 is 0 Å². The van der Waals surface area contributed by atoms with Crippen LogP contribution in [0.15, 0.2) is 140 Å². The SMILES string of the molecule is C=C/C=C(\CCC)c1ccc2c(c1)c1cc(-c3ccc4c(c3)C(C)(C)c3ccc(/C(=C/C=C\C)CC)cc3-4)ccc1n2-c1ccccc1.CC. The van der Waals surface area contributed by atoms with Gasteiger partial charge in [-0.05, 0) is 124 Å². The van der Waals surface area contributed by atoms with E-state index in [2.05, 4.69) is 173 Å². The summed E-state index contributed by atoms with van der Waals surface area (Å²) < 4.78 is 2.41. The molecule has 1 aromatic heterocycles. The van der Waals surface area contributed by atoms with Gasteiger partial charge in [-0.1, -0.05) is 140 Å². The third kappa shape index (κ3) is 6.11. The number of allylic oxidation sites excluding steroid dienone is 7. The molecule has 0 saturated carbocycles. The number of fused-ring (bicyclic) bond motifs is 6. The van der Waals surface area contributed by atoms with Gasteiger partial charge >= 0.3 is 0 Å². The Balaban J connectivity index is 0.00000212. The summed E-state index contributed by atoms with van der Waals surface area (Å²) >= 11 is 0. The summed E-state index contributed by atoms with van der Waals surface area (Å²) in [7, 11) is 0. The summed E-state index contributed by atoms with van der Waals surface area (Å²) in [5, 5.41) is 2.55. The largest absolute Gasteiger partial charge is 0.309 e. The maximum absolute atomic E-state index is 4.00. The van der Waals surface area contributed by atoms with Crippen LogP contribution in [0.4, 0.5) is 0 Å². The number of para-hydroxylation sites is 1. The van der Waals surface area contributed by atoms with E-state index in [0.717, 1.165) is 19.3 Å². The molecule has 0 spiro atoms. The van der Waals surface area contributed by atoms with Crippen LogP contribution in [0.3, 0.4) is 0 Å². The predicted molar refractivity (Wildman–Crippen MR) is 221 cm³/mol. The van der Waals surface area contributed by atoms with Crippen molar-refractivity contribution in [1.82, 2.24) is 4.57 Å². The highest BCUT2D eigenvalue weighted by molar-refractivity contribution is 6.11. The zero-order valence-electron chi connectivity index (χ0n) is 31.0. The summed E-state index contributed by atoms with van der Waals surface area (Å²) in [6, 6.07) is 38.9. The predicted octanol–water partition coefficient (Wildman–Crippen LogP) is 14.5. The Hall–Kier alpha value is -5.14. The van der Waals surface area contributed by atoms with Crippen molar-refractivity contribution in [1.29, 1.82) is 0 Å². The molecule has 1 aliphatic carbocycles. The lowest BCUT2D eigenvalue weighted by Gasteiger charge is -2.22. The number of hydrogen-bond donors (Lipinski definition) is 0. The van der Waals surface area contributed by atoms with Crippen molar-refractivity contribution in [3.05, 3.63) is 162 Å². The second kappa shape index (κ2) is 14.8. The van der Waals surface area contributed by atoms with E-state index in [1.807, 2.05) is 19.9 Å². The van der Waals surface area contributed by atoms with Crippen molar-refractivity contribution in [3.8, 4) is 27.9 Å². The molecule has 0 atom stereocenters. The average Bonchev–Trinajstić information content (AvgIpc) is 3.60. The van der Waals surface area contributed by atoms with Gasteiger partial charge in [0.05, 0.1) is 11.0 Å². The van der Waals surface area contributed by atoms with E-state index >= 15 is 0 Å². The molecule has 0 bridgehead atoms. The van der Waals surface area contributed by atoms with Crippen molar-refractivity contribution in [2.75, 3.05) is 0 Å². The van der Waals surface area contributed by atoms with E-state index in [1.54, 1.807) is 0 Å². The molecule has 0 amide bonds. The highest BCUT2D eigenvalue weighted by atomic mass is 15.0. The van der Waals surface area contributed by atoms with Gasteiger partial charge in [-0.25, -0.2) is 0 Å². The first kappa shape index (κ1) is 34.7. The molecular weight excluding hydrogens is 603 g/mol. The molecule has 6 aromatic rings. The molecule has 252 valence electrons. The van der Waals surface area contributed by atoms with Gasteiger partial charge in [0.15, 0.2) is 0 Å². The molecule has 7 rings (SSSR count). The summed E-state index contributed by atoms with van der Waals surface area (Å²) in [5.74, 6) is 0. The second-order valence-corrected chi connectivity index (χ2v) is 13.5. The quantitative estimate of drug-likeness (QED) is 0.137. The number of hydrogen-bond acceptors (Lipinski definition) is 0. The van der Waals surface area contributed by atoms with Crippen molar-refractivity contribution in [2.45, 2.75) is 73.1 Å². The van der Waals surface area contributed by atoms with Crippen LogP contribution in [0.25, 0.3) is 60.9 Å². The van der Waals surface area contributed by atoms with Crippen LogP contribution in [0.2, 0.25) is 0 Å². The smallest absolute Gasteiger partial charge is 0.0541 e. The second-order valence-electron chi connectivity index (χ2n) is 13.5. The first-order chi connectivity index (χ1) is 24.4. The Morgan fingerprint density at radius 2 is 1.34 bits per heavy atom. The van der Waals surface area contributed by atoms with Gasteiger partial charge in [0, 0.05) is 21.9 Å². The third-order valence-corrected chi connectivity index (χ3v) is 10.2. The first-order valence-corrected chi connectivity index (χ1v) is 18.5. The number of nitrogens with zero attached hydrogens (tertiary/aromatic N) is 1. The van der Waals surface area contributed by atoms with Crippen LogP contribution in [-0.4, -0.2) is 4.57 Å². The number of aromatic nitrogens is 1. The van der Waals surface area contributed by atoms with E-state index in [-0.39, 0.29) is 5.41 Å². The molecule has 0 unspecified atom stereocenters. The monoisotopic (exact) mass is 653 g/mol. The Labute approximate surface area is 300 Å². The van der Waals surface area contributed by atoms with Crippen LogP contribution >= 0.6 is 0 Å². The van der Waals surface area contributed by atoms with Crippen LogP contribution < -0.4 is 0 Å². The van der Waals surface area contributed by atoms with Gasteiger partial charge in [0.2, 0.25) is 0 Å². The minimum atomic E-state index is -0.0753. The average molecular weight is 654 g/mol. The topological polar surface area (TPSA) is 4.93 Å². The zero-order valence-corrected chi connectivity index (χ0v) is 31.0. The summed E-state index contributed by atoms with van der Waals surface area (Å²) in [6.07, 6.45) is 13.7. The molecule has 0 fully saturated rings. The number of rotatable bonds is 9. The minimum Gasteiger partial charge on any atom is -0.309 e. The van der Waals surface area contributed by atoms with Crippen LogP contribution in [0, 0.1) is 0 Å². The van der Waals surface area contributed by atoms with E-state index in [0.29, 0.717) is 0 Å². The highest BCUT2D eigenvalue weighted by Gasteiger charge is 2.35. The van der Waals surface area contributed by atoms with Crippen LogP contribution in [0.5, 0.6) is 0 Å². The normalized spacial score (nSPS) is 13.7. The lowest BCUT2D eigenvalue weighted by atomic mass is 9.81. The third-order valence-electron chi connectivity index (χ3n) is 10.2. The lowest BCUT2D eigenvalue weighted by molar-refractivity contribution is 0.660. The first-order valence-electron chi connectivity index (χ1n) is 18.5. The molecule has 50 heavy (non-hydrogen) atoms. The highest BCUT2D eigenvalue weighted by Crippen LogP contribution is 2.50. The van der Waals surface area contributed by atoms with Gasteiger partial charge in [0.1, 0.15) is 0 Å². The van der Waals surface area contributed by atoms with Gasteiger partial charge in [0.25, 0.3) is 0 Å². The Bertz CT molecular complexity index is 2270. The van der Waals surface area contributed by atoms with Crippen molar-refractivity contribution >= 4 is 33.0 Å². The molecule has 1 aliphatic rings. The minimum absolute atomic E-state index is 0.0753. The maximum Gasteiger partial charge on any atom is 0.0541 e. The van der Waals surface area contributed by atoms with E-state index in [9.17, 15) is 0 Å². The molecule has 0 aliphatic heterocycles. The summed E-state index contributed by atoms with van der Waals surface area (Å²) in [4.78, 5) is 0. The fourth-order valence-corrected chi connectivity index (χ4v) is 7.76. The molecule has 0 saturated heterocycles. The Kier molecular flexibility index (Phi) is 10.3. The Morgan fingerprint density at radius 3 is 2.04 bits per heavy atom. The summed E-state index contributed by atoms with van der Waals surface area (Å²) in [5.41, 5.74) is 16.9. The number of benzene rings is 5. The van der Waals surface area contributed by atoms with Crippen LogP contribution in [-0.2, 0) is 5.41 Å². The molecule has 0 radical (unpaired) electrons. The fourth-order valence-electron chi connectivity index (χ4n) is 7.76. The molecule has 1 heterocycles. The standard InChI is InChI=1S/C47H45N.C2H6/c1-7-11-17-32(10-4)34-21-25-43-40(28-34)39-24-20-37(31-44(39)47(43,5)6)36-23-27-46-42(30-36)41-29-35(33(15-8-2)16-9-3)22-26-45(41)48(46)38-18-13-12-14-19-38;1-2/h7-8,11-15,17-31H,2,9-10,16H2,1,3-6H3;1-2H3/b11-7-,32-17+,33-15+;. The van der Waals surface area contributed by atoms with Gasteiger partial charge in [-0.2, -0.15) is 0 Å². The fraction of sp³-hybridized carbons (Fsp3) is 0.224. The van der Waals surface area contributed by atoms with E-state index < -0.39 is 0 Å². The molecule has 1 heteroatoms.